The first-order valence-electron chi connectivity index (χ1n) is 21.0. The minimum absolute atomic E-state index is 1.08. The molecule has 56 heavy (non-hydrogen) atoms. The zero-order valence-corrected chi connectivity index (χ0v) is 32.4. The topological polar surface area (TPSA) is 6.48 Å². The molecule has 0 radical (unpaired) electrons. The smallest absolute Gasteiger partial charge is 0.0372 e. The standard InChI is InChI=1S/C54H50N2/c1-5-18-41(19-6-1)50(42-20-7-2-8-21-42)35-39-16-15-23-44(34-39)53-48-28-26-47(56-32-13-4-14-33-56)38-52(48)54(45-25-24-40-17-9-10-22-43(40)36-45)49-29-27-46(37-51(49)53)55-30-11-3-12-31-55/h1,5-7,9-10,15-29,34-38H,2-4,8,11-14,30-33H2/b50-35-. The summed E-state index contributed by atoms with van der Waals surface area (Å²) in [4.78, 5) is 5.23. The van der Waals surface area contributed by atoms with Gasteiger partial charge in [0.2, 0.25) is 0 Å². The van der Waals surface area contributed by atoms with Crippen molar-refractivity contribution >= 4 is 55.3 Å². The molecule has 7 aromatic rings. The van der Waals surface area contributed by atoms with Crippen molar-refractivity contribution in [1.29, 1.82) is 0 Å². The van der Waals surface area contributed by atoms with E-state index < -0.39 is 0 Å². The molecule has 2 saturated heterocycles. The highest BCUT2D eigenvalue weighted by atomic mass is 15.1. The van der Waals surface area contributed by atoms with Gasteiger partial charge in [-0.25, -0.2) is 0 Å². The lowest BCUT2D eigenvalue weighted by Crippen LogP contribution is -2.29. The fourth-order valence-electron chi connectivity index (χ4n) is 9.58. The fraction of sp³-hybridized carbons (Fsp3) is 0.222. The van der Waals surface area contributed by atoms with Gasteiger partial charge in [0, 0.05) is 37.6 Å². The van der Waals surface area contributed by atoms with E-state index in [-0.39, 0.29) is 0 Å². The van der Waals surface area contributed by atoms with Gasteiger partial charge in [0.1, 0.15) is 0 Å². The Hall–Kier alpha value is -5.86. The lowest BCUT2D eigenvalue weighted by molar-refractivity contribution is 0.578. The molecule has 0 spiro atoms. The van der Waals surface area contributed by atoms with Crippen LogP contribution in [0.3, 0.4) is 0 Å². The van der Waals surface area contributed by atoms with Crippen LogP contribution >= 0.6 is 0 Å². The molecule has 7 aromatic carbocycles. The van der Waals surface area contributed by atoms with E-state index in [1.54, 1.807) is 0 Å². The van der Waals surface area contributed by atoms with Gasteiger partial charge in [0.15, 0.2) is 0 Å². The zero-order valence-electron chi connectivity index (χ0n) is 32.4. The zero-order chi connectivity index (χ0) is 37.3. The van der Waals surface area contributed by atoms with Crippen LogP contribution in [0.25, 0.3) is 66.2 Å². The molecule has 0 saturated carbocycles. The first-order valence-corrected chi connectivity index (χ1v) is 21.0. The highest BCUT2D eigenvalue weighted by molar-refractivity contribution is 6.23. The molecular formula is C54H50N2. The largest absolute Gasteiger partial charge is 0.372 e. The molecule has 2 aliphatic heterocycles. The maximum absolute atomic E-state index is 2.61. The molecular weight excluding hydrogens is 677 g/mol. The van der Waals surface area contributed by atoms with Crippen molar-refractivity contribution in [1.82, 2.24) is 0 Å². The maximum atomic E-state index is 2.61. The van der Waals surface area contributed by atoms with Crippen LogP contribution in [-0.4, -0.2) is 26.2 Å². The highest BCUT2D eigenvalue weighted by Gasteiger charge is 2.22. The Balaban J connectivity index is 1.24. The Bertz CT molecular complexity index is 2650. The molecule has 0 unspecified atom stereocenters. The number of fused-ring (bicyclic) bond motifs is 3. The molecule has 0 amide bonds. The van der Waals surface area contributed by atoms with Crippen molar-refractivity contribution < 1.29 is 0 Å². The summed E-state index contributed by atoms with van der Waals surface area (Å²) in [5.74, 6) is 0. The van der Waals surface area contributed by atoms with Gasteiger partial charge in [0.05, 0.1) is 0 Å². The third kappa shape index (κ3) is 6.72. The molecule has 10 rings (SSSR count). The Morgan fingerprint density at radius 2 is 1.09 bits per heavy atom. The number of benzene rings is 7. The van der Waals surface area contributed by atoms with Gasteiger partial charge in [-0.2, -0.15) is 0 Å². The molecule has 2 nitrogen and oxygen atoms in total. The van der Waals surface area contributed by atoms with Gasteiger partial charge in [0.25, 0.3) is 0 Å². The van der Waals surface area contributed by atoms with E-state index in [2.05, 4.69) is 168 Å². The Morgan fingerprint density at radius 1 is 0.464 bits per heavy atom. The van der Waals surface area contributed by atoms with E-state index in [1.165, 1.54) is 127 Å². The SMILES string of the molecule is C1=CC(/C(=C\c2cccc(-c3c4ccc(N5CCCCC5)cc4c(-c4ccc5ccccc5c4)c4ccc(N5CCCCC5)cc34)c2)c2ccccc2)=CCC1. The average molecular weight is 727 g/mol. The summed E-state index contributed by atoms with van der Waals surface area (Å²) < 4.78 is 0. The monoisotopic (exact) mass is 726 g/mol. The summed E-state index contributed by atoms with van der Waals surface area (Å²) in [7, 11) is 0. The molecule has 2 fully saturated rings. The summed E-state index contributed by atoms with van der Waals surface area (Å²) in [6.07, 6.45) is 19.3. The fourth-order valence-corrected chi connectivity index (χ4v) is 9.58. The van der Waals surface area contributed by atoms with E-state index in [0.717, 1.165) is 39.0 Å². The Kier molecular flexibility index (Phi) is 9.49. The van der Waals surface area contributed by atoms with Crippen LogP contribution in [0.4, 0.5) is 11.4 Å². The van der Waals surface area contributed by atoms with Crippen LogP contribution in [0.15, 0.2) is 157 Å². The molecule has 3 aliphatic rings. The van der Waals surface area contributed by atoms with Crippen molar-refractivity contribution in [2.24, 2.45) is 0 Å². The second-order valence-electron chi connectivity index (χ2n) is 16.1. The predicted molar refractivity (Wildman–Crippen MR) is 243 cm³/mol. The molecule has 0 atom stereocenters. The van der Waals surface area contributed by atoms with Crippen molar-refractivity contribution in [2.45, 2.75) is 51.4 Å². The number of rotatable bonds is 7. The highest BCUT2D eigenvalue weighted by Crippen LogP contribution is 2.47. The summed E-state index contributed by atoms with van der Waals surface area (Å²) in [5, 5.41) is 7.87. The summed E-state index contributed by atoms with van der Waals surface area (Å²) in [6.45, 7) is 4.50. The van der Waals surface area contributed by atoms with Crippen molar-refractivity contribution in [3.63, 3.8) is 0 Å². The van der Waals surface area contributed by atoms with Gasteiger partial charge >= 0.3 is 0 Å². The molecule has 0 aromatic heterocycles. The average Bonchev–Trinajstić information content (AvgIpc) is 3.28. The lowest BCUT2D eigenvalue weighted by Gasteiger charge is -2.30. The maximum Gasteiger partial charge on any atom is 0.0372 e. The van der Waals surface area contributed by atoms with Crippen LogP contribution in [-0.2, 0) is 0 Å². The Morgan fingerprint density at radius 3 is 1.73 bits per heavy atom. The third-order valence-electron chi connectivity index (χ3n) is 12.4. The first-order chi connectivity index (χ1) is 27.8. The number of anilines is 2. The van der Waals surface area contributed by atoms with Crippen molar-refractivity contribution in [3.05, 3.63) is 168 Å². The molecule has 0 N–H and O–H groups in total. The van der Waals surface area contributed by atoms with Crippen LogP contribution in [0.2, 0.25) is 0 Å². The third-order valence-corrected chi connectivity index (χ3v) is 12.4. The van der Waals surface area contributed by atoms with Gasteiger partial charge in [-0.1, -0.05) is 115 Å². The summed E-state index contributed by atoms with van der Waals surface area (Å²) in [6, 6.07) is 50.8. The van der Waals surface area contributed by atoms with Crippen LogP contribution in [0.5, 0.6) is 0 Å². The number of hydrogen-bond donors (Lipinski definition) is 0. The molecule has 2 heteroatoms. The van der Waals surface area contributed by atoms with Crippen LogP contribution in [0, 0.1) is 0 Å². The summed E-state index contributed by atoms with van der Waals surface area (Å²) >= 11 is 0. The first kappa shape index (κ1) is 34.6. The molecule has 276 valence electrons. The Labute approximate surface area is 332 Å². The molecule has 2 heterocycles. The number of piperidine rings is 2. The van der Waals surface area contributed by atoms with E-state index in [9.17, 15) is 0 Å². The lowest BCUT2D eigenvalue weighted by atomic mass is 9.84. The quantitative estimate of drug-likeness (QED) is 0.119. The minimum atomic E-state index is 1.08. The van der Waals surface area contributed by atoms with Gasteiger partial charge in [-0.05, 0) is 171 Å². The van der Waals surface area contributed by atoms with Crippen molar-refractivity contribution in [2.75, 3.05) is 36.0 Å². The normalized spacial score (nSPS) is 16.5. The van der Waals surface area contributed by atoms with E-state index in [1.807, 2.05) is 0 Å². The molecule has 0 bridgehead atoms. The van der Waals surface area contributed by atoms with Gasteiger partial charge in [-0.15, -0.1) is 0 Å². The number of hydrogen-bond acceptors (Lipinski definition) is 2. The van der Waals surface area contributed by atoms with E-state index in [4.69, 9.17) is 0 Å². The van der Waals surface area contributed by atoms with E-state index in [0.29, 0.717) is 0 Å². The van der Waals surface area contributed by atoms with Crippen LogP contribution in [0.1, 0.15) is 62.5 Å². The summed E-state index contributed by atoms with van der Waals surface area (Å²) in [5.41, 5.74) is 13.0. The van der Waals surface area contributed by atoms with E-state index >= 15 is 0 Å². The second-order valence-corrected chi connectivity index (χ2v) is 16.1. The predicted octanol–water partition coefficient (Wildman–Crippen LogP) is 14.3. The minimum Gasteiger partial charge on any atom is -0.372 e. The second kappa shape index (κ2) is 15.3. The number of nitrogens with zero attached hydrogens (tertiary/aromatic N) is 2. The number of allylic oxidation sites excluding steroid dienone is 5. The molecule has 1 aliphatic carbocycles. The van der Waals surface area contributed by atoms with Crippen molar-refractivity contribution in [3.8, 4) is 22.3 Å². The van der Waals surface area contributed by atoms with Crippen LogP contribution < -0.4 is 9.80 Å². The van der Waals surface area contributed by atoms with Gasteiger partial charge < -0.3 is 9.80 Å². The van der Waals surface area contributed by atoms with Gasteiger partial charge in [-0.3, -0.25) is 0 Å².